The van der Waals surface area contributed by atoms with Gasteiger partial charge in [0.2, 0.25) is 0 Å². The highest BCUT2D eigenvalue weighted by atomic mass is 16.4. The van der Waals surface area contributed by atoms with Crippen molar-refractivity contribution in [3.63, 3.8) is 0 Å². The van der Waals surface area contributed by atoms with Crippen LogP contribution in [0.1, 0.15) is 23.3 Å². The Bertz CT molecular complexity index is 589. The summed E-state index contributed by atoms with van der Waals surface area (Å²) in [5.41, 5.74) is -1.22. The molecule has 0 aromatic heterocycles. The van der Waals surface area contributed by atoms with Crippen LogP contribution < -0.4 is 0 Å². The summed E-state index contributed by atoms with van der Waals surface area (Å²) in [4.78, 5) is 0. The molecule has 124 valence electrons. The maximum Gasteiger partial charge on any atom is 0.125 e. The first kappa shape index (κ1) is 17.6. The molecule has 2 rings (SSSR count). The van der Waals surface area contributed by atoms with Crippen LogP contribution in [-0.2, 0) is 0 Å². The molecule has 23 heavy (non-hydrogen) atoms. The largest absolute Gasteiger partial charge is 0.396 e. The molecule has 0 unspecified atom stereocenters. The number of aliphatic hydroxyl groups is 5. The van der Waals surface area contributed by atoms with Crippen molar-refractivity contribution in [2.24, 2.45) is 5.92 Å². The molecule has 4 atom stereocenters. The predicted octanol–water partition coefficient (Wildman–Crippen LogP) is 0.785. The molecule has 2 aromatic carbocycles. The Kier molecular flexibility index (Phi) is 5.87. The summed E-state index contributed by atoms with van der Waals surface area (Å²) in [7, 11) is 0. The van der Waals surface area contributed by atoms with Gasteiger partial charge in [-0.3, -0.25) is 0 Å². The molecular formula is C18H22O5. The van der Waals surface area contributed by atoms with Gasteiger partial charge in [-0.2, -0.15) is 0 Å². The van der Waals surface area contributed by atoms with E-state index in [0.717, 1.165) is 0 Å². The molecule has 0 aliphatic heterocycles. The zero-order valence-corrected chi connectivity index (χ0v) is 12.7. The second-order valence-electron chi connectivity index (χ2n) is 5.61. The van der Waals surface area contributed by atoms with Crippen molar-refractivity contribution < 1.29 is 25.5 Å². The fourth-order valence-corrected chi connectivity index (χ4v) is 2.74. The number of rotatable bonds is 7. The molecule has 0 fully saturated rings. The van der Waals surface area contributed by atoms with Crippen molar-refractivity contribution >= 4 is 0 Å². The molecule has 0 bridgehead atoms. The fourth-order valence-electron chi connectivity index (χ4n) is 2.74. The molecule has 0 amide bonds. The summed E-state index contributed by atoms with van der Waals surface area (Å²) in [5, 5.41) is 51.2. The van der Waals surface area contributed by atoms with Crippen molar-refractivity contribution in [2.45, 2.75) is 17.8 Å². The van der Waals surface area contributed by atoms with Gasteiger partial charge in [-0.25, -0.2) is 0 Å². The van der Waals surface area contributed by atoms with E-state index in [1.165, 1.54) is 0 Å². The van der Waals surface area contributed by atoms with Crippen LogP contribution in [0.5, 0.6) is 0 Å². The zero-order chi connectivity index (χ0) is 16.9. The fraction of sp³-hybridized carbons (Fsp3) is 0.333. The van der Waals surface area contributed by atoms with Gasteiger partial charge in [-0.15, -0.1) is 0 Å². The third-order valence-corrected chi connectivity index (χ3v) is 4.20. The normalized spacial score (nSPS) is 18.0. The Morgan fingerprint density at radius 3 is 1.70 bits per heavy atom. The van der Waals surface area contributed by atoms with Crippen molar-refractivity contribution in [3.8, 4) is 0 Å². The lowest BCUT2D eigenvalue weighted by Crippen LogP contribution is -2.51. The van der Waals surface area contributed by atoms with Crippen LogP contribution in [0.4, 0.5) is 0 Å². The van der Waals surface area contributed by atoms with E-state index in [4.69, 9.17) is 0 Å². The summed E-state index contributed by atoms with van der Waals surface area (Å²) < 4.78 is 0. The molecule has 0 saturated heterocycles. The highest BCUT2D eigenvalue weighted by Gasteiger charge is 2.47. The Labute approximate surface area is 135 Å². The van der Waals surface area contributed by atoms with Crippen LogP contribution in [0, 0.1) is 5.92 Å². The lowest BCUT2D eigenvalue weighted by molar-refractivity contribution is -0.178. The molecule has 5 heteroatoms. The minimum Gasteiger partial charge on any atom is -0.396 e. The van der Waals surface area contributed by atoms with Crippen molar-refractivity contribution in [3.05, 3.63) is 71.8 Å². The number of benzene rings is 2. The SMILES string of the molecule is OC[C@H]([C@@H](O)c1ccccc1)[C@](O)(CO)[C@H](O)c1ccccc1. The average molecular weight is 318 g/mol. The van der Waals surface area contributed by atoms with Crippen molar-refractivity contribution in [1.82, 2.24) is 0 Å². The zero-order valence-electron chi connectivity index (χ0n) is 12.7. The second kappa shape index (κ2) is 7.68. The van der Waals surface area contributed by atoms with Crippen LogP contribution in [0.2, 0.25) is 0 Å². The summed E-state index contributed by atoms with van der Waals surface area (Å²) in [6, 6.07) is 16.9. The van der Waals surface area contributed by atoms with E-state index in [0.29, 0.717) is 11.1 Å². The first-order chi connectivity index (χ1) is 11.0. The maximum atomic E-state index is 10.8. The van der Waals surface area contributed by atoms with Gasteiger partial charge < -0.3 is 25.5 Å². The first-order valence-corrected chi connectivity index (χ1v) is 7.44. The molecule has 5 N–H and O–H groups in total. The van der Waals surface area contributed by atoms with Gasteiger partial charge in [-0.1, -0.05) is 60.7 Å². The topological polar surface area (TPSA) is 101 Å². The average Bonchev–Trinajstić information content (AvgIpc) is 2.62. The van der Waals surface area contributed by atoms with Crippen LogP contribution in [-0.4, -0.2) is 44.3 Å². The third kappa shape index (κ3) is 3.60. The van der Waals surface area contributed by atoms with E-state index in [2.05, 4.69) is 0 Å². The number of hydrogen-bond acceptors (Lipinski definition) is 5. The van der Waals surface area contributed by atoms with E-state index in [9.17, 15) is 25.5 Å². The first-order valence-electron chi connectivity index (χ1n) is 7.44. The van der Waals surface area contributed by atoms with Crippen LogP contribution >= 0.6 is 0 Å². The standard InChI is InChI=1S/C18H22O5/c19-11-15(16(21)13-7-3-1-4-8-13)18(23,12-20)17(22)14-9-5-2-6-10-14/h1-10,15-17,19-23H,11-12H2/t15-,16+,17-,18-/m1/s1. The molecule has 2 aromatic rings. The highest BCUT2D eigenvalue weighted by molar-refractivity contribution is 5.24. The summed E-state index contributed by atoms with van der Waals surface area (Å²) in [6.45, 7) is -1.41. The van der Waals surface area contributed by atoms with Gasteiger partial charge >= 0.3 is 0 Å². The van der Waals surface area contributed by atoms with Crippen LogP contribution in [0.25, 0.3) is 0 Å². The number of hydrogen-bond donors (Lipinski definition) is 5. The Morgan fingerprint density at radius 2 is 1.26 bits per heavy atom. The molecule has 0 aliphatic rings. The van der Waals surface area contributed by atoms with Gasteiger partial charge in [-0.05, 0) is 11.1 Å². The third-order valence-electron chi connectivity index (χ3n) is 4.20. The van der Waals surface area contributed by atoms with E-state index in [-0.39, 0.29) is 0 Å². The van der Waals surface area contributed by atoms with Gasteiger partial charge in [0.25, 0.3) is 0 Å². The second-order valence-corrected chi connectivity index (χ2v) is 5.61. The smallest absolute Gasteiger partial charge is 0.125 e. The minimum atomic E-state index is -2.09. The lowest BCUT2D eigenvalue weighted by Gasteiger charge is -2.40. The lowest BCUT2D eigenvalue weighted by atomic mass is 9.76. The molecule has 0 saturated carbocycles. The van der Waals surface area contributed by atoms with E-state index >= 15 is 0 Å². The van der Waals surface area contributed by atoms with Gasteiger partial charge in [0, 0.05) is 5.92 Å². The number of aliphatic hydroxyl groups excluding tert-OH is 4. The van der Waals surface area contributed by atoms with E-state index < -0.39 is 36.9 Å². The highest BCUT2D eigenvalue weighted by Crippen LogP contribution is 2.38. The molecule has 5 nitrogen and oxygen atoms in total. The van der Waals surface area contributed by atoms with Crippen molar-refractivity contribution in [1.29, 1.82) is 0 Å². The Morgan fingerprint density at radius 1 is 0.783 bits per heavy atom. The molecule has 0 radical (unpaired) electrons. The summed E-state index contributed by atoms with van der Waals surface area (Å²) in [6.07, 6.45) is -2.69. The summed E-state index contributed by atoms with van der Waals surface area (Å²) in [5.74, 6) is -1.16. The predicted molar refractivity (Wildman–Crippen MR) is 85.4 cm³/mol. The molecule has 0 heterocycles. The molecule has 0 aliphatic carbocycles. The molecule has 0 spiro atoms. The van der Waals surface area contributed by atoms with Gasteiger partial charge in [0.15, 0.2) is 0 Å². The van der Waals surface area contributed by atoms with Gasteiger partial charge in [0.1, 0.15) is 11.7 Å². The maximum absolute atomic E-state index is 10.8. The minimum absolute atomic E-state index is 0.391. The van der Waals surface area contributed by atoms with Gasteiger partial charge in [0.05, 0.1) is 19.3 Å². The van der Waals surface area contributed by atoms with Crippen LogP contribution in [0.15, 0.2) is 60.7 Å². The van der Waals surface area contributed by atoms with Crippen molar-refractivity contribution in [2.75, 3.05) is 13.2 Å². The molecular weight excluding hydrogens is 296 g/mol. The monoisotopic (exact) mass is 318 g/mol. The quantitative estimate of drug-likeness (QED) is 0.519. The Hall–Kier alpha value is -1.76. The van der Waals surface area contributed by atoms with E-state index in [1.54, 1.807) is 60.7 Å². The summed E-state index contributed by atoms with van der Waals surface area (Å²) >= 11 is 0. The Balaban J connectivity index is 2.35. The van der Waals surface area contributed by atoms with E-state index in [1.807, 2.05) is 0 Å². The van der Waals surface area contributed by atoms with Crippen LogP contribution in [0.3, 0.4) is 0 Å².